The van der Waals surface area contributed by atoms with E-state index in [1.165, 1.54) is 5.39 Å². The maximum absolute atomic E-state index is 13.0. The molecule has 0 bridgehead atoms. The minimum absolute atomic E-state index is 0.383. The van der Waals surface area contributed by atoms with Gasteiger partial charge >= 0.3 is 5.97 Å². The zero-order valence-electron chi connectivity index (χ0n) is 24.3. The maximum Gasteiger partial charge on any atom is 0.343 e. The number of carbonyl (C=O) groups is 1. The van der Waals surface area contributed by atoms with E-state index < -0.39 is 0 Å². The third-order valence-corrected chi connectivity index (χ3v) is 7.40. The zero-order chi connectivity index (χ0) is 28.3. The summed E-state index contributed by atoms with van der Waals surface area (Å²) in [5.74, 6) is 2.31. The number of aromatic nitrogens is 1. The molecule has 0 amide bonds. The van der Waals surface area contributed by atoms with Gasteiger partial charge in [0, 0.05) is 29.4 Å². The van der Waals surface area contributed by atoms with Crippen molar-refractivity contribution in [3.05, 3.63) is 78.9 Å². The Hall–Kier alpha value is -3.73. The maximum atomic E-state index is 13.0. The largest absolute Gasteiger partial charge is 0.494 e. The van der Waals surface area contributed by atoms with Crippen molar-refractivity contribution in [2.24, 2.45) is 5.92 Å². The monoisotopic (exact) mass is 541 g/mol. The first-order valence-corrected chi connectivity index (χ1v) is 14.8. The Morgan fingerprint density at radius 3 is 2.20 bits per heavy atom. The van der Waals surface area contributed by atoms with Crippen molar-refractivity contribution in [3.63, 3.8) is 0 Å². The number of esters is 1. The number of unbranched alkanes of at least 4 members (excludes halogenated alkanes) is 4. The van der Waals surface area contributed by atoms with E-state index in [-0.39, 0.29) is 5.97 Å². The number of rotatable bonds is 16. The van der Waals surface area contributed by atoms with Gasteiger partial charge in [0.15, 0.2) is 0 Å². The van der Waals surface area contributed by atoms with Gasteiger partial charge in [-0.2, -0.15) is 0 Å². The lowest BCUT2D eigenvalue weighted by Gasteiger charge is -2.12. The summed E-state index contributed by atoms with van der Waals surface area (Å²) in [6, 6.07) is 19.4. The Balaban J connectivity index is 1.53. The van der Waals surface area contributed by atoms with Crippen molar-refractivity contribution in [2.75, 3.05) is 13.2 Å². The van der Waals surface area contributed by atoms with Gasteiger partial charge in [-0.25, -0.2) is 4.79 Å². The van der Waals surface area contributed by atoms with Gasteiger partial charge in [-0.15, -0.1) is 6.58 Å². The highest BCUT2D eigenvalue weighted by Gasteiger charge is 2.15. The molecule has 0 aliphatic heterocycles. The molecular weight excluding hydrogens is 498 g/mol. The molecule has 0 spiro atoms. The summed E-state index contributed by atoms with van der Waals surface area (Å²) in [7, 11) is 0. The van der Waals surface area contributed by atoms with Gasteiger partial charge in [0.25, 0.3) is 0 Å². The van der Waals surface area contributed by atoms with Crippen molar-refractivity contribution < 1.29 is 19.0 Å². The fourth-order valence-corrected chi connectivity index (χ4v) is 4.76. The van der Waals surface area contributed by atoms with E-state index in [4.69, 9.17) is 14.2 Å². The van der Waals surface area contributed by atoms with E-state index in [0.29, 0.717) is 30.4 Å². The summed E-state index contributed by atoms with van der Waals surface area (Å²) in [4.78, 5) is 13.0. The van der Waals surface area contributed by atoms with Gasteiger partial charge in [0.05, 0.1) is 29.8 Å². The molecule has 40 heavy (non-hydrogen) atoms. The first kappa shape index (κ1) is 29.3. The van der Waals surface area contributed by atoms with Crippen molar-refractivity contribution in [2.45, 2.75) is 72.3 Å². The van der Waals surface area contributed by atoms with Crippen LogP contribution in [0, 0.1) is 5.92 Å². The molecule has 5 heteroatoms. The smallest absolute Gasteiger partial charge is 0.343 e. The van der Waals surface area contributed by atoms with E-state index in [1.54, 1.807) is 12.1 Å². The molecule has 0 fully saturated rings. The second-order valence-electron chi connectivity index (χ2n) is 10.6. The predicted octanol–water partition coefficient (Wildman–Crippen LogP) is 9.36. The van der Waals surface area contributed by atoms with Crippen LogP contribution in [-0.4, -0.2) is 23.8 Å². The summed E-state index contributed by atoms with van der Waals surface area (Å²) in [5, 5.41) is 2.33. The molecule has 4 aromatic rings. The Morgan fingerprint density at radius 1 is 0.850 bits per heavy atom. The Bertz CT molecular complexity index is 1400. The van der Waals surface area contributed by atoms with Crippen LogP contribution in [0.5, 0.6) is 17.2 Å². The molecule has 1 heterocycles. The molecule has 1 aromatic heterocycles. The molecule has 1 atom stereocenters. The van der Waals surface area contributed by atoms with Crippen LogP contribution >= 0.6 is 0 Å². The van der Waals surface area contributed by atoms with Crippen LogP contribution < -0.4 is 14.2 Å². The second-order valence-corrected chi connectivity index (χ2v) is 10.6. The number of hydrogen-bond acceptors (Lipinski definition) is 4. The third kappa shape index (κ3) is 7.47. The van der Waals surface area contributed by atoms with Gasteiger partial charge in [0.2, 0.25) is 0 Å². The number of aryl methyl sites for hydroxylation is 1. The minimum Gasteiger partial charge on any atom is -0.494 e. The quantitative estimate of drug-likeness (QED) is 0.0614. The molecule has 212 valence electrons. The van der Waals surface area contributed by atoms with Crippen LogP contribution in [0.3, 0.4) is 0 Å². The average Bonchev–Trinajstić information content (AvgIpc) is 3.28. The second kappa shape index (κ2) is 14.6. The lowest BCUT2D eigenvalue weighted by Crippen LogP contribution is -2.08. The van der Waals surface area contributed by atoms with Gasteiger partial charge in [0.1, 0.15) is 17.2 Å². The van der Waals surface area contributed by atoms with Crippen molar-refractivity contribution in [3.8, 4) is 17.2 Å². The summed E-state index contributed by atoms with van der Waals surface area (Å²) in [6.07, 6.45) is 9.44. The van der Waals surface area contributed by atoms with Crippen molar-refractivity contribution in [1.29, 1.82) is 0 Å². The molecule has 0 saturated carbocycles. The number of ether oxygens (including phenoxy) is 3. The summed E-state index contributed by atoms with van der Waals surface area (Å²) in [6.45, 7) is 12.6. The van der Waals surface area contributed by atoms with Crippen LogP contribution in [0.15, 0.2) is 73.3 Å². The predicted molar refractivity (Wildman–Crippen MR) is 165 cm³/mol. The zero-order valence-corrected chi connectivity index (χ0v) is 24.3. The van der Waals surface area contributed by atoms with E-state index in [1.807, 2.05) is 30.3 Å². The molecule has 0 aliphatic carbocycles. The van der Waals surface area contributed by atoms with Crippen LogP contribution in [0.25, 0.3) is 21.8 Å². The number of nitrogens with zero attached hydrogens (tertiary/aromatic N) is 1. The van der Waals surface area contributed by atoms with Crippen LogP contribution in [0.1, 0.15) is 76.1 Å². The fraction of sp³-hybridized carbons (Fsp3) is 0.400. The Labute approximate surface area is 238 Å². The minimum atomic E-state index is -0.383. The molecule has 0 aliphatic rings. The van der Waals surface area contributed by atoms with Crippen LogP contribution in [-0.2, 0) is 6.54 Å². The molecule has 3 aromatic carbocycles. The Kier molecular flexibility index (Phi) is 10.7. The number of benzene rings is 3. The third-order valence-electron chi connectivity index (χ3n) is 7.40. The first-order valence-electron chi connectivity index (χ1n) is 14.8. The van der Waals surface area contributed by atoms with Crippen molar-refractivity contribution in [1.82, 2.24) is 4.57 Å². The van der Waals surface area contributed by atoms with Crippen LogP contribution in [0.2, 0.25) is 0 Å². The van der Waals surface area contributed by atoms with Gasteiger partial charge in [-0.3, -0.25) is 0 Å². The number of carbonyl (C=O) groups excluding carboxylic acids is 1. The standard InChI is InChI=1S/C35H43NO4/c1-5-8-10-12-22-38-28-15-13-27(14-16-28)35(37)40-30-18-20-32-31-19-17-29(39-25-26(4)7-3)23-33(31)36(34(32)24-30)21-11-9-6-2/h5,13-20,23-24,26H,1,6-12,21-22,25H2,2-4H3/t26-/m0/s1. The molecule has 4 rings (SSSR count). The number of fused-ring (bicyclic) bond motifs is 3. The number of hydrogen-bond donors (Lipinski definition) is 0. The van der Waals surface area contributed by atoms with E-state index in [9.17, 15) is 4.79 Å². The van der Waals surface area contributed by atoms with E-state index >= 15 is 0 Å². The lowest BCUT2D eigenvalue weighted by molar-refractivity contribution is 0.0735. The fourth-order valence-electron chi connectivity index (χ4n) is 4.76. The molecule has 5 nitrogen and oxygen atoms in total. The van der Waals surface area contributed by atoms with Gasteiger partial charge in [-0.05, 0) is 80.1 Å². The summed E-state index contributed by atoms with van der Waals surface area (Å²) in [5.41, 5.74) is 2.71. The van der Waals surface area contributed by atoms with Gasteiger partial charge < -0.3 is 18.8 Å². The van der Waals surface area contributed by atoms with Crippen molar-refractivity contribution >= 4 is 27.8 Å². The highest BCUT2D eigenvalue weighted by atomic mass is 16.5. The van der Waals surface area contributed by atoms with Gasteiger partial charge in [-0.1, -0.05) is 46.1 Å². The summed E-state index contributed by atoms with van der Waals surface area (Å²) < 4.78 is 20.1. The highest BCUT2D eigenvalue weighted by molar-refractivity contribution is 6.09. The van der Waals surface area contributed by atoms with Crippen LogP contribution in [0.4, 0.5) is 0 Å². The molecule has 0 N–H and O–H groups in total. The topological polar surface area (TPSA) is 49.7 Å². The molecule has 0 radical (unpaired) electrons. The molecule has 0 unspecified atom stereocenters. The molecule has 0 saturated heterocycles. The normalized spacial score (nSPS) is 12.0. The summed E-state index contributed by atoms with van der Waals surface area (Å²) >= 11 is 0. The Morgan fingerprint density at radius 2 is 1.52 bits per heavy atom. The highest BCUT2D eigenvalue weighted by Crippen LogP contribution is 2.34. The van der Waals surface area contributed by atoms with E-state index in [2.05, 4.69) is 56.2 Å². The SMILES string of the molecule is C=CCCCCOc1ccc(C(=O)Oc2ccc3c4ccc(OC[C@@H](C)CC)cc4n(CCCCC)c3c2)cc1. The van der Waals surface area contributed by atoms with E-state index in [0.717, 1.165) is 79.4 Å². The first-order chi connectivity index (χ1) is 19.5. The average molecular weight is 542 g/mol. The number of allylic oxidation sites excluding steroid dienone is 1. The molecular formula is C35H43NO4. The lowest BCUT2D eigenvalue weighted by atomic mass is 10.1.